The number of carbonyl (C=O) groups is 1. The fourth-order valence-corrected chi connectivity index (χ4v) is 3.38. The van der Waals surface area contributed by atoms with Gasteiger partial charge in [-0.05, 0) is 30.9 Å². The lowest BCUT2D eigenvalue weighted by Gasteiger charge is -2.25. The largest absolute Gasteiger partial charge is 0.383 e. The van der Waals surface area contributed by atoms with E-state index in [2.05, 4.69) is 10.4 Å². The molecule has 0 bridgehead atoms. The van der Waals surface area contributed by atoms with Gasteiger partial charge in [0.2, 0.25) is 0 Å². The van der Waals surface area contributed by atoms with Crippen molar-refractivity contribution < 1.29 is 9.53 Å². The maximum absolute atomic E-state index is 12.6. The van der Waals surface area contributed by atoms with E-state index in [1.54, 1.807) is 18.0 Å². The first-order chi connectivity index (χ1) is 12.2. The molecule has 2 heterocycles. The van der Waals surface area contributed by atoms with Crippen LogP contribution in [0.3, 0.4) is 0 Å². The average Bonchev–Trinajstić information content (AvgIpc) is 3.24. The molecule has 1 atom stereocenters. The molecule has 1 aromatic heterocycles. The Morgan fingerprint density at radius 3 is 3.08 bits per heavy atom. The summed E-state index contributed by atoms with van der Waals surface area (Å²) in [5, 5.41) is 7.92. The number of ether oxygens (including phenoxy) is 1. The zero-order valence-corrected chi connectivity index (χ0v) is 15.1. The van der Waals surface area contributed by atoms with Crippen molar-refractivity contribution in [3.8, 4) is 0 Å². The summed E-state index contributed by atoms with van der Waals surface area (Å²) >= 11 is 6.26. The van der Waals surface area contributed by atoms with Crippen LogP contribution in [0.15, 0.2) is 36.7 Å². The highest BCUT2D eigenvalue weighted by atomic mass is 35.5. The van der Waals surface area contributed by atoms with E-state index in [1.807, 2.05) is 35.4 Å². The van der Waals surface area contributed by atoms with Crippen molar-refractivity contribution >= 4 is 23.3 Å². The average molecular weight is 363 g/mol. The topological polar surface area (TPSA) is 59.4 Å². The number of amides is 2. The number of urea groups is 1. The van der Waals surface area contributed by atoms with Gasteiger partial charge >= 0.3 is 6.03 Å². The van der Waals surface area contributed by atoms with Crippen LogP contribution in [0.2, 0.25) is 5.02 Å². The number of rotatable bonds is 6. The van der Waals surface area contributed by atoms with Gasteiger partial charge in [-0.15, -0.1) is 0 Å². The number of carbonyl (C=O) groups excluding carboxylic acids is 1. The Morgan fingerprint density at radius 1 is 1.44 bits per heavy atom. The summed E-state index contributed by atoms with van der Waals surface area (Å²) in [4.78, 5) is 14.5. The lowest BCUT2D eigenvalue weighted by molar-refractivity contribution is 0.183. The Bertz CT molecular complexity index is 719. The Labute approximate surface area is 152 Å². The van der Waals surface area contributed by atoms with E-state index in [0.717, 1.165) is 36.4 Å². The minimum Gasteiger partial charge on any atom is -0.383 e. The zero-order chi connectivity index (χ0) is 17.6. The van der Waals surface area contributed by atoms with Crippen LogP contribution in [0, 0.1) is 0 Å². The number of aromatic nitrogens is 2. The maximum Gasteiger partial charge on any atom is 0.322 e. The molecule has 1 aromatic carbocycles. The maximum atomic E-state index is 12.6. The van der Waals surface area contributed by atoms with E-state index < -0.39 is 0 Å². The van der Waals surface area contributed by atoms with Crippen molar-refractivity contribution in [3.05, 3.63) is 47.2 Å². The van der Waals surface area contributed by atoms with Crippen molar-refractivity contribution in [2.75, 3.05) is 25.6 Å². The zero-order valence-electron chi connectivity index (χ0n) is 14.3. The predicted octanol–water partition coefficient (Wildman–Crippen LogP) is 3.42. The predicted molar refractivity (Wildman–Crippen MR) is 98.0 cm³/mol. The van der Waals surface area contributed by atoms with Gasteiger partial charge in [-0.2, -0.15) is 5.10 Å². The van der Waals surface area contributed by atoms with Crippen molar-refractivity contribution in [2.45, 2.75) is 31.8 Å². The molecule has 134 valence electrons. The SMILES string of the molecule is COCCn1cc(NC(=O)N2CCC[C@H]2Cc2ccccc2Cl)cn1. The normalized spacial score (nSPS) is 17.0. The molecular formula is C18H23ClN4O2. The van der Waals surface area contributed by atoms with Crippen LogP contribution >= 0.6 is 11.6 Å². The number of likely N-dealkylation sites (tertiary alicyclic amines) is 1. The third kappa shape index (κ3) is 4.52. The smallest absolute Gasteiger partial charge is 0.322 e. The molecule has 2 amide bonds. The summed E-state index contributed by atoms with van der Waals surface area (Å²) in [5.41, 5.74) is 1.78. The van der Waals surface area contributed by atoms with Crippen LogP contribution in [0.25, 0.3) is 0 Å². The molecule has 25 heavy (non-hydrogen) atoms. The highest BCUT2D eigenvalue weighted by Gasteiger charge is 2.29. The Kier molecular flexibility index (Phi) is 5.94. The van der Waals surface area contributed by atoms with Crippen molar-refractivity contribution in [3.63, 3.8) is 0 Å². The van der Waals surface area contributed by atoms with Crippen molar-refractivity contribution in [1.82, 2.24) is 14.7 Å². The van der Waals surface area contributed by atoms with Gasteiger partial charge in [-0.25, -0.2) is 4.79 Å². The summed E-state index contributed by atoms with van der Waals surface area (Å²) in [6.07, 6.45) is 6.25. The summed E-state index contributed by atoms with van der Waals surface area (Å²) in [5.74, 6) is 0. The standard InChI is InChI=1S/C18H23ClN4O2/c1-25-10-9-22-13-15(12-20-22)21-18(24)23-8-4-6-16(23)11-14-5-2-3-7-17(14)19/h2-3,5,7,12-13,16H,4,6,8-11H2,1H3,(H,21,24)/t16-/m0/s1. The number of hydrogen-bond acceptors (Lipinski definition) is 3. The van der Waals surface area contributed by atoms with E-state index in [4.69, 9.17) is 16.3 Å². The summed E-state index contributed by atoms with van der Waals surface area (Å²) in [6, 6.07) is 7.91. The third-order valence-corrected chi connectivity index (χ3v) is 4.83. The third-order valence-electron chi connectivity index (χ3n) is 4.46. The molecule has 0 aliphatic carbocycles. The van der Waals surface area contributed by atoms with Crippen molar-refractivity contribution in [1.29, 1.82) is 0 Å². The van der Waals surface area contributed by atoms with E-state index in [0.29, 0.717) is 18.8 Å². The molecule has 1 aliphatic heterocycles. The monoisotopic (exact) mass is 362 g/mol. The molecule has 1 N–H and O–H groups in total. The van der Waals surface area contributed by atoms with Crippen LogP contribution in [-0.4, -0.2) is 47.0 Å². The second kappa shape index (κ2) is 8.36. The van der Waals surface area contributed by atoms with E-state index in [9.17, 15) is 4.79 Å². The van der Waals surface area contributed by atoms with Gasteiger partial charge in [0.25, 0.3) is 0 Å². The van der Waals surface area contributed by atoms with Gasteiger partial charge in [0.15, 0.2) is 0 Å². The highest BCUT2D eigenvalue weighted by molar-refractivity contribution is 6.31. The molecule has 6 nitrogen and oxygen atoms in total. The Hall–Kier alpha value is -2.05. The van der Waals surface area contributed by atoms with Gasteiger partial charge < -0.3 is 15.0 Å². The first kappa shape index (κ1) is 17.8. The second-order valence-corrected chi connectivity index (χ2v) is 6.61. The Balaban J connectivity index is 1.60. The molecule has 0 saturated carbocycles. The molecular weight excluding hydrogens is 340 g/mol. The molecule has 0 spiro atoms. The Morgan fingerprint density at radius 2 is 2.28 bits per heavy atom. The molecule has 1 saturated heterocycles. The first-order valence-electron chi connectivity index (χ1n) is 8.50. The number of methoxy groups -OCH3 is 1. The molecule has 3 rings (SSSR count). The highest BCUT2D eigenvalue weighted by Crippen LogP contribution is 2.25. The summed E-state index contributed by atoms with van der Waals surface area (Å²) < 4.78 is 6.78. The fraction of sp³-hybridized carbons (Fsp3) is 0.444. The lowest BCUT2D eigenvalue weighted by Crippen LogP contribution is -2.39. The number of nitrogens with zero attached hydrogens (tertiary/aromatic N) is 3. The molecule has 0 unspecified atom stereocenters. The van der Waals surface area contributed by atoms with Crippen LogP contribution in [0.5, 0.6) is 0 Å². The van der Waals surface area contributed by atoms with Gasteiger partial charge in [0.05, 0.1) is 25.0 Å². The fourth-order valence-electron chi connectivity index (χ4n) is 3.16. The van der Waals surface area contributed by atoms with Crippen LogP contribution in [0.4, 0.5) is 10.5 Å². The van der Waals surface area contributed by atoms with Gasteiger partial charge in [0.1, 0.15) is 0 Å². The second-order valence-electron chi connectivity index (χ2n) is 6.20. The number of nitrogens with one attached hydrogen (secondary N) is 1. The molecule has 2 aromatic rings. The number of benzene rings is 1. The van der Waals surface area contributed by atoms with Gasteiger partial charge in [-0.1, -0.05) is 29.8 Å². The molecule has 7 heteroatoms. The lowest BCUT2D eigenvalue weighted by atomic mass is 10.0. The number of hydrogen-bond donors (Lipinski definition) is 1. The number of halogens is 1. The molecule has 1 aliphatic rings. The quantitative estimate of drug-likeness (QED) is 0.856. The molecule has 1 fully saturated rings. The van der Waals surface area contributed by atoms with Gasteiger partial charge in [0, 0.05) is 30.9 Å². The van der Waals surface area contributed by atoms with Gasteiger partial charge in [-0.3, -0.25) is 4.68 Å². The summed E-state index contributed by atoms with van der Waals surface area (Å²) in [7, 11) is 1.65. The van der Waals surface area contributed by atoms with Crippen molar-refractivity contribution in [2.24, 2.45) is 0 Å². The minimum atomic E-state index is -0.0826. The summed E-state index contributed by atoms with van der Waals surface area (Å²) in [6.45, 7) is 2.01. The van der Waals surface area contributed by atoms with Crippen LogP contribution in [0.1, 0.15) is 18.4 Å². The van der Waals surface area contributed by atoms with E-state index >= 15 is 0 Å². The van der Waals surface area contributed by atoms with E-state index in [-0.39, 0.29) is 12.1 Å². The number of anilines is 1. The first-order valence-corrected chi connectivity index (χ1v) is 8.87. The molecule has 0 radical (unpaired) electrons. The van der Waals surface area contributed by atoms with E-state index in [1.165, 1.54) is 0 Å². The van der Waals surface area contributed by atoms with Crippen LogP contribution in [-0.2, 0) is 17.7 Å². The van der Waals surface area contributed by atoms with Crippen LogP contribution < -0.4 is 5.32 Å². The minimum absolute atomic E-state index is 0.0826.